The van der Waals surface area contributed by atoms with E-state index in [2.05, 4.69) is 28.9 Å². The number of anilines is 1. The summed E-state index contributed by atoms with van der Waals surface area (Å²) >= 11 is 0. The van der Waals surface area contributed by atoms with Crippen molar-refractivity contribution in [2.24, 2.45) is 0 Å². The van der Waals surface area contributed by atoms with E-state index in [0.717, 1.165) is 29.1 Å². The Morgan fingerprint density at radius 2 is 1.92 bits per heavy atom. The number of aromatic nitrogens is 2. The summed E-state index contributed by atoms with van der Waals surface area (Å²) in [6, 6.07) is 10.0. The van der Waals surface area contributed by atoms with E-state index >= 15 is 0 Å². The molecule has 2 aromatic heterocycles. The number of benzene rings is 1. The summed E-state index contributed by atoms with van der Waals surface area (Å²) in [6.45, 7) is 6.74. The molecular weight excluding hydrogens is 314 g/mol. The van der Waals surface area contributed by atoms with Crippen LogP contribution in [0.1, 0.15) is 39.8 Å². The molecule has 25 heavy (non-hydrogen) atoms. The number of carbonyl (C=O) groups is 1. The van der Waals surface area contributed by atoms with Gasteiger partial charge in [0.25, 0.3) is 0 Å². The van der Waals surface area contributed by atoms with E-state index < -0.39 is 5.97 Å². The van der Waals surface area contributed by atoms with Gasteiger partial charge in [0, 0.05) is 25.5 Å². The summed E-state index contributed by atoms with van der Waals surface area (Å²) in [7, 11) is 1.98. The van der Waals surface area contributed by atoms with Crippen LogP contribution in [0, 0.1) is 13.8 Å². The summed E-state index contributed by atoms with van der Waals surface area (Å²) in [5.74, 6) is -0.934. The Bertz CT molecular complexity index is 944. The van der Waals surface area contributed by atoms with Gasteiger partial charge in [0.1, 0.15) is 0 Å². The maximum atomic E-state index is 11.5. The number of imidazole rings is 1. The van der Waals surface area contributed by atoms with Crippen molar-refractivity contribution in [1.82, 2.24) is 9.38 Å². The number of carboxylic acids is 1. The van der Waals surface area contributed by atoms with Crippen molar-refractivity contribution in [2.75, 3.05) is 11.9 Å². The highest BCUT2D eigenvalue weighted by molar-refractivity contribution is 5.90. The first-order valence-corrected chi connectivity index (χ1v) is 8.42. The lowest BCUT2D eigenvalue weighted by Crippen LogP contribution is -2.19. The van der Waals surface area contributed by atoms with E-state index in [9.17, 15) is 9.90 Å². The van der Waals surface area contributed by atoms with Crippen LogP contribution in [-0.4, -0.2) is 27.5 Å². The number of pyridine rings is 1. The Kier molecular flexibility index (Phi) is 4.49. The van der Waals surface area contributed by atoms with Gasteiger partial charge in [-0.25, -0.2) is 9.78 Å². The molecule has 0 aliphatic carbocycles. The van der Waals surface area contributed by atoms with Gasteiger partial charge in [-0.3, -0.25) is 0 Å². The van der Waals surface area contributed by atoms with Gasteiger partial charge in [-0.05, 0) is 37.5 Å². The second kappa shape index (κ2) is 6.59. The van der Waals surface area contributed by atoms with Crippen LogP contribution >= 0.6 is 0 Å². The number of aromatic carboxylic acids is 1. The molecule has 5 heteroatoms. The van der Waals surface area contributed by atoms with E-state index in [0.29, 0.717) is 6.54 Å². The highest BCUT2D eigenvalue weighted by Crippen LogP contribution is 2.26. The molecule has 0 atom stereocenters. The fourth-order valence-electron chi connectivity index (χ4n) is 3.15. The zero-order valence-electron chi connectivity index (χ0n) is 15.1. The van der Waals surface area contributed by atoms with E-state index in [1.54, 1.807) is 12.3 Å². The van der Waals surface area contributed by atoms with Crippen molar-refractivity contribution in [1.29, 1.82) is 0 Å². The number of hydrogen-bond acceptors (Lipinski definition) is 3. The molecule has 0 radical (unpaired) electrons. The minimum Gasteiger partial charge on any atom is -0.478 e. The SMILES string of the molecule is CCc1ccccc1CN(C)c1cc(C(=O)O)cn2c(C)c(C)nc12. The second-order valence-electron chi connectivity index (χ2n) is 6.37. The van der Waals surface area contributed by atoms with Crippen molar-refractivity contribution in [3.63, 3.8) is 0 Å². The molecule has 0 aliphatic heterocycles. The molecule has 2 heterocycles. The minimum absolute atomic E-state index is 0.263. The van der Waals surface area contributed by atoms with Crippen LogP contribution in [0.4, 0.5) is 5.69 Å². The van der Waals surface area contributed by atoms with Gasteiger partial charge in [0.15, 0.2) is 5.65 Å². The van der Waals surface area contributed by atoms with Gasteiger partial charge in [-0.2, -0.15) is 0 Å². The Balaban J connectivity index is 2.10. The molecule has 3 rings (SSSR count). The molecule has 0 fully saturated rings. The third-order valence-corrected chi connectivity index (χ3v) is 4.74. The number of nitrogens with zero attached hydrogens (tertiary/aromatic N) is 3. The maximum absolute atomic E-state index is 11.5. The van der Waals surface area contributed by atoms with Crippen molar-refractivity contribution in [3.8, 4) is 0 Å². The van der Waals surface area contributed by atoms with Crippen LogP contribution in [0.5, 0.6) is 0 Å². The Hall–Kier alpha value is -2.82. The highest BCUT2D eigenvalue weighted by Gasteiger charge is 2.17. The van der Waals surface area contributed by atoms with Gasteiger partial charge in [-0.1, -0.05) is 31.2 Å². The largest absolute Gasteiger partial charge is 0.478 e. The molecule has 1 N–H and O–H groups in total. The topological polar surface area (TPSA) is 57.8 Å². The number of hydrogen-bond donors (Lipinski definition) is 1. The van der Waals surface area contributed by atoms with Crippen LogP contribution in [0.25, 0.3) is 5.65 Å². The molecule has 1 aromatic carbocycles. The highest BCUT2D eigenvalue weighted by atomic mass is 16.4. The summed E-state index contributed by atoms with van der Waals surface area (Å²) in [4.78, 5) is 18.3. The lowest BCUT2D eigenvalue weighted by Gasteiger charge is -2.22. The summed E-state index contributed by atoms with van der Waals surface area (Å²) in [6.07, 6.45) is 2.61. The van der Waals surface area contributed by atoms with E-state index in [-0.39, 0.29) is 5.56 Å². The van der Waals surface area contributed by atoms with E-state index in [1.807, 2.05) is 37.4 Å². The van der Waals surface area contributed by atoms with Crippen LogP contribution in [-0.2, 0) is 13.0 Å². The molecule has 0 amide bonds. The molecule has 0 saturated carbocycles. The van der Waals surface area contributed by atoms with Crippen LogP contribution in [0.3, 0.4) is 0 Å². The molecule has 3 aromatic rings. The van der Waals surface area contributed by atoms with Crippen molar-refractivity contribution < 1.29 is 9.90 Å². The first-order chi connectivity index (χ1) is 11.9. The smallest absolute Gasteiger partial charge is 0.337 e. The average molecular weight is 337 g/mol. The lowest BCUT2D eigenvalue weighted by molar-refractivity contribution is 0.0696. The van der Waals surface area contributed by atoms with Gasteiger partial charge >= 0.3 is 5.97 Å². The first kappa shape index (κ1) is 17.0. The van der Waals surface area contributed by atoms with E-state index in [1.165, 1.54) is 11.1 Å². The number of rotatable bonds is 5. The fraction of sp³-hybridized carbons (Fsp3) is 0.300. The van der Waals surface area contributed by atoms with Gasteiger partial charge in [0.05, 0.1) is 16.9 Å². The zero-order chi connectivity index (χ0) is 18.1. The van der Waals surface area contributed by atoms with Crippen LogP contribution < -0.4 is 4.90 Å². The normalized spacial score (nSPS) is 11.0. The van der Waals surface area contributed by atoms with Crippen LogP contribution in [0.2, 0.25) is 0 Å². The van der Waals surface area contributed by atoms with Crippen molar-refractivity contribution in [2.45, 2.75) is 33.7 Å². The first-order valence-electron chi connectivity index (χ1n) is 8.42. The molecule has 0 unspecified atom stereocenters. The summed E-state index contributed by atoms with van der Waals surface area (Å²) in [5, 5.41) is 9.47. The standard InChI is InChI=1S/C20H23N3O2/c1-5-15-8-6-7-9-16(15)11-22(4)18-10-17(20(24)25)12-23-14(3)13(2)21-19(18)23/h6-10,12H,5,11H2,1-4H3,(H,24,25). The fourth-order valence-corrected chi connectivity index (χ4v) is 3.15. The molecule has 0 bridgehead atoms. The van der Waals surface area contributed by atoms with Crippen LogP contribution in [0.15, 0.2) is 36.5 Å². The molecule has 0 saturated heterocycles. The molecule has 0 aliphatic rings. The minimum atomic E-state index is -0.934. The Morgan fingerprint density at radius 3 is 2.56 bits per heavy atom. The zero-order valence-corrected chi connectivity index (χ0v) is 15.1. The number of carboxylic acid groups (broad SMARTS) is 1. The second-order valence-corrected chi connectivity index (χ2v) is 6.37. The Labute approximate surface area is 147 Å². The van der Waals surface area contributed by atoms with Crippen molar-refractivity contribution in [3.05, 3.63) is 64.6 Å². The summed E-state index contributed by atoms with van der Waals surface area (Å²) in [5.41, 5.74) is 6.28. The summed E-state index contributed by atoms with van der Waals surface area (Å²) < 4.78 is 1.87. The molecule has 130 valence electrons. The molecule has 5 nitrogen and oxygen atoms in total. The predicted molar refractivity (Wildman–Crippen MR) is 99.6 cm³/mol. The maximum Gasteiger partial charge on any atom is 0.337 e. The van der Waals surface area contributed by atoms with E-state index in [4.69, 9.17) is 0 Å². The molecular formula is C20H23N3O2. The van der Waals surface area contributed by atoms with Gasteiger partial charge < -0.3 is 14.4 Å². The predicted octanol–water partition coefficient (Wildman–Crippen LogP) is 3.85. The number of aryl methyl sites for hydroxylation is 3. The van der Waals surface area contributed by atoms with Crippen molar-refractivity contribution >= 4 is 17.3 Å². The third-order valence-electron chi connectivity index (χ3n) is 4.74. The quantitative estimate of drug-likeness (QED) is 0.768. The van der Waals surface area contributed by atoms with Gasteiger partial charge in [-0.15, -0.1) is 0 Å². The monoisotopic (exact) mass is 337 g/mol. The van der Waals surface area contributed by atoms with Gasteiger partial charge in [0.2, 0.25) is 0 Å². The average Bonchev–Trinajstić information content (AvgIpc) is 2.89. The third kappa shape index (κ3) is 3.09. The lowest BCUT2D eigenvalue weighted by atomic mass is 10.0. The Morgan fingerprint density at radius 1 is 1.24 bits per heavy atom. The number of fused-ring (bicyclic) bond motifs is 1. The molecule has 0 spiro atoms.